The van der Waals surface area contributed by atoms with Gasteiger partial charge in [0, 0.05) is 18.0 Å². The number of carbonyl (C=O) groups excluding carboxylic acids is 2. The van der Waals surface area contributed by atoms with E-state index >= 15 is 0 Å². The van der Waals surface area contributed by atoms with Crippen LogP contribution in [0.3, 0.4) is 0 Å². The van der Waals surface area contributed by atoms with Crippen LogP contribution in [0.2, 0.25) is 0 Å². The van der Waals surface area contributed by atoms with E-state index in [-0.39, 0.29) is 37.3 Å². The number of carbonyl (C=O) groups is 2. The summed E-state index contributed by atoms with van der Waals surface area (Å²) in [4.78, 5) is 30.3. The van der Waals surface area contributed by atoms with Gasteiger partial charge in [-0.15, -0.1) is 17.9 Å². The van der Waals surface area contributed by atoms with Crippen LogP contribution < -0.4 is 0 Å². The molecule has 0 radical (unpaired) electrons. The minimum absolute atomic E-state index is 0.0921. The first-order valence-electron chi connectivity index (χ1n) is 11.0. The van der Waals surface area contributed by atoms with Gasteiger partial charge in [0.15, 0.2) is 0 Å². The molecule has 0 fully saturated rings. The number of benzene rings is 2. The summed E-state index contributed by atoms with van der Waals surface area (Å²) in [5.74, 6) is -0.803. The van der Waals surface area contributed by atoms with Crippen LogP contribution in [-0.2, 0) is 34.0 Å². The molecule has 0 unspecified atom stereocenters. The van der Waals surface area contributed by atoms with Gasteiger partial charge in [-0.1, -0.05) is 48.5 Å². The Hall–Kier alpha value is -3.29. The predicted molar refractivity (Wildman–Crippen MR) is 133 cm³/mol. The van der Waals surface area contributed by atoms with E-state index in [0.29, 0.717) is 19.7 Å². The largest absolute Gasteiger partial charge is 0.367 e. The maximum Gasteiger partial charge on any atom is 0.249 e. The number of aryl methyl sites for hydroxylation is 1. The molecule has 34 heavy (non-hydrogen) atoms. The van der Waals surface area contributed by atoms with Gasteiger partial charge in [-0.3, -0.25) is 9.59 Å². The summed E-state index contributed by atoms with van der Waals surface area (Å²) in [6, 6.07) is 17.7. The van der Waals surface area contributed by atoms with Crippen molar-refractivity contribution in [2.45, 2.75) is 26.6 Å². The molecule has 0 atom stereocenters. The maximum absolute atomic E-state index is 13.4. The lowest BCUT2D eigenvalue weighted by Crippen LogP contribution is -2.43. The van der Waals surface area contributed by atoms with E-state index < -0.39 is 0 Å². The van der Waals surface area contributed by atoms with Crippen molar-refractivity contribution in [3.8, 4) is 0 Å². The van der Waals surface area contributed by atoms with E-state index in [0.717, 1.165) is 21.6 Å². The number of nitrogens with zero attached hydrogens (tertiary/aromatic N) is 2. The van der Waals surface area contributed by atoms with Crippen LogP contribution in [0, 0.1) is 12.7 Å². The minimum Gasteiger partial charge on any atom is -0.367 e. The zero-order valence-electron chi connectivity index (χ0n) is 19.3. The molecule has 0 N–H and O–H groups in total. The van der Waals surface area contributed by atoms with E-state index in [2.05, 4.69) is 6.58 Å². The average molecular weight is 481 g/mol. The molecule has 2 aromatic carbocycles. The molecule has 2 amide bonds. The van der Waals surface area contributed by atoms with Gasteiger partial charge in [0.1, 0.15) is 19.0 Å². The second-order valence-corrected chi connectivity index (χ2v) is 8.95. The minimum atomic E-state index is -0.325. The van der Waals surface area contributed by atoms with Crippen molar-refractivity contribution in [2.24, 2.45) is 0 Å². The van der Waals surface area contributed by atoms with Gasteiger partial charge in [0.2, 0.25) is 11.8 Å². The average Bonchev–Trinajstić information content (AvgIpc) is 3.24. The number of amides is 2. The molecular formula is C27H29FN2O3S. The monoisotopic (exact) mass is 480 g/mol. The summed E-state index contributed by atoms with van der Waals surface area (Å²) >= 11 is 1.58. The number of halogens is 1. The Kier molecular flexibility index (Phi) is 9.55. The molecule has 0 aliphatic heterocycles. The van der Waals surface area contributed by atoms with Crippen molar-refractivity contribution < 1.29 is 18.7 Å². The van der Waals surface area contributed by atoms with Gasteiger partial charge in [0.25, 0.3) is 0 Å². The standard InChI is InChI=1S/C27H29FN2O3S/c1-3-14-29(27(32)20-33-19-23-7-5-4-6-8-23)18-26(31)30(17-25-21(2)13-15-34-25)16-22-9-11-24(28)12-10-22/h3-13,15H,1,14,16-20H2,2H3. The molecule has 0 aliphatic carbocycles. The van der Waals surface area contributed by atoms with E-state index in [1.165, 1.54) is 17.0 Å². The molecule has 0 saturated carbocycles. The Labute approximate surface area is 204 Å². The second kappa shape index (κ2) is 12.8. The lowest BCUT2D eigenvalue weighted by molar-refractivity contribution is -0.143. The van der Waals surface area contributed by atoms with Gasteiger partial charge in [-0.25, -0.2) is 4.39 Å². The van der Waals surface area contributed by atoms with Gasteiger partial charge in [0.05, 0.1) is 13.2 Å². The van der Waals surface area contributed by atoms with Crippen LogP contribution in [0.5, 0.6) is 0 Å². The number of hydrogen-bond donors (Lipinski definition) is 0. The third-order valence-electron chi connectivity index (χ3n) is 5.31. The predicted octanol–water partition coefficient (Wildman–Crippen LogP) is 4.96. The summed E-state index contributed by atoms with van der Waals surface area (Å²) < 4.78 is 18.9. The first-order valence-corrected chi connectivity index (χ1v) is 11.9. The first kappa shape index (κ1) is 25.3. The Balaban J connectivity index is 1.66. The highest BCUT2D eigenvalue weighted by molar-refractivity contribution is 7.10. The van der Waals surface area contributed by atoms with E-state index in [9.17, 15) is 14.0 Å². The topological polar surface area (TPSA) is 49.9 Å². The summed E-state index contributed by atoms with van der Waals surface area (Å²) in [5.41, 5.74) is 2.89. The first-order chi connectivity index (χ1) is 16.5. The summed E-state index contributed by atoms with van der Waals surface area (Å²) in [6.07, 6.45) is 1.59. The molecule has 5 nitrogen and oxygen atoms in total. The summed E-state index contributed by atoms with van der Waals surface area (Å²) in [5, 5.41) is 1.99. The third kappa shape index (κ3) is 7.64. The molecule has 0 bridgehead atoms. The fourth-order valence-corrected chi connectivity index (χ4v) is 4.30. The molecule has 3 rings (SSSR count). The Morgan fingerprint density at radius 3 is 2.35 bits per heavy atom. The highest BCUT2D eigenvalue weighted by atomic mass is 32.1. The van der Waals surface area contributed by atoms with Gasteiger partial charge in [-0.2, -0.15) is 0 Å². The number of rotatable bonds is 12. The normalized spacial score (nSPS) is 10.6. The highest BCUT2D eigenvalue weighted by Crippen LogP contribution is 2.20. The summed E-state index contributed by atoms with van der Waals surface area (Å²) in [6.45, 7) is 6.79. The molecule has 7 heteroatoms. The van der Waals surface area contributed by atoms with Crippen molar-refractivity contribution >= 4 is 23.2 Å². The number of ether oxygens (including phenoxy) is 1. The Bertz CT molecular complexity index is 1080. The van der Waals surface area contributed by atoms with Crippen molar-refractivity contribution in [1.82, 2.24) is 9.80 Å². The molecule has 3 aromatic rings. The smallest absolute Gasteiger partial charge is 0.249 e. The summed E-state index contributed by atoms with van der Waals surface area (Å²) in [7, 11) is 0. The molecule has 0 aliphatic rings. The molecule has 0 saturated heterocycles. The van der Waals surface area contributed by atoms with Gasteiger partial charge >= 0.3 is 0 Å². The molecule has 0 spiro atoms. The zero-order valence-corrected chi connectivity index (χ0v) is 20.1. The molecule has 1 aromatic heterocycles. The lowest BCUT2D eigenvalue weighted by atomic mass is 10.2. The molecule has 1 heterocycles. The molecular weight excluding hydrogens is 451 g/mol. The van der Waals surface area contributed by atoms with E-state index in [1.54, 1.807) is 34.4 Å². The van der Waals surface area contributed by atoms with Crippen LogP contribution in [-0.4, -0.2) is 41.3 Å². The number of hydrogen-bond acceptors (Lipinski definition) is 4. The van der Waals surface area contributed by atoms with Gasteiger partial charge < -0.3 is 14.5 Å². The third-order valence-corrected chi connectivity index (χ3v) is 6.32. The Morgan fingerprint density at radius 2 is 1.71 bits per heavy atom. The fourth-order valence-electron chi connectivity index (χ4n) is 3.38. The van der Waals surface area contributed by atoms with Crippen LogP contribution in [0.25, 0.3) is 0 Å². The number of thiophene rings is 1. The van der Waals surface area contributed by atoms with Crippen molar-refractivity contribution in [3.05, 3.63) is 106 Å². The zero-order chi connectivity index (χ0) is 24.3. The van der Waals surface area contributed by atoms with Crippen molar-refractivity contribution in [3.63, 3.8) is 0 Å². The van der Waals surface area contributed by atoms with E-state index in [1.807, 2.05) is 48.7 Å². The van der Waals surface area contributed by atoms with Crippen LogP contribution >= 0.6 is 11.3 Å². The fraction of sp³-hybridized carbons (Fsp3) is 0.259. The lowest BCUT2D eigenvalue weighted by Gasteiger charge is -2.27. The quantitative estimate of drug-likeness (QED) is 0.345. The maximum atomic E-state index is 13.4. The van der Waals surface area contributed by atoms with Crippen molar-refractivity contribution in [1.29, 1.82) is 0 Å². The van der Waals surface area contributed by atoms with Crippen molar-refractivity contribution in [2.75, 3.05) is 19.7 Å². The van der Waals surface area contributed by atoms with Crippen LogP contribution in [0.4, 0.5) is 4.39 Å². The Morgan fingerprint density at radius 1 is 0.971 bits per heavy atom. The SMILES string of the molecule is C=CCN(CC(=O)N(Cc1ccc(F)cc1)Cc1sccc1C)C(=O)COCc1ccccc1. The second-order valence-electron chi connectivity index (χ2n) is 7.94. The van der Waals surface area contributed by atoms with Gasteiger partial charge in [-0.05, 0) is 47.2 Å². The van der Waals surface area contributed by atoms with E-state index in [4.69, 9.17) is 4.74 Å². The highest BCUT2D eigenvalue weighted by Gasteiger charge is 2.22. The molecule has 178 valence electrons. The van der Waals surface area contributed by atoms with Crippen LogP contribution in [0.15, 0.2) is 78.7 Å². The van der Waals surface area contributed by atoms with Crippen LogP contribution in [0.1, 0.15) is 21.6 Å².